The number of benzene rings is 3. The first kappa shape index (κ1) is 17.5. The quantitative estimate of drug-likeness (QED) is 0.506. The molecule has 138 valence electrons. The molecule has 5 nitrogen and oxygen atoms in total. The largest absolute Gasteiger partial charge is 0.465 e. The lowest BCUT2D eigenvalue weighted by Gasteiger charge is -2.11. The van der Waals surface area contributed by atoms with Gasteiger partial charge < -0.3 is 5.11 Å². The van der Waals surface area contributed by atoms with Gasteiger partial charge in [-0.25, -0.2) is 23.5 Å². The maximum atomic E-state index is 13.4. The number of halogens is 2. The summed E-state index contributed by atoms with van der Waals surface area (Å²) in [5.74, 6) is -0.751. The molecule has 3 aromatic carbocycles. The summed E-state index contributed by atoms with van der Waals surface area (Å²) in [6.45, 7) is 0. The molecular weight excluding hydrogens is 364 g/mol. The van der Waals surface area contributed by atoms with Crippen molar-refractivity contribution in [3.05, 3.63) is 78.4 Å². The number of hydrogen-bond donors (Lipinski definition) is 2. The van der Waals surface area contributed by atoms with Crippen molar-refractivity contribution in [3.63, 3.8) is 0 Å². The summed E-state index contributed by atoms with van der Waals surface area (Å²) in [6, 6.07) is 16.4. The van der Waals surface area contributed by atoms with Crippen LogP contribution in [0.4, 0.5) is 19.3 Å². The van der Waals surface area contributed by atoms with E-state index in [4.69, 9.17) is 5.11 Å². The van der Waals surface area contributed by atoms with Crippen LogP contribution >= 0.6 is 0 Å². The van der Waals surface area contributed by atoms with Crippen molar-refractivity contribution in [3.8, 4) is 22.5 Å². The molecule has 1 amide bonds. The van der Waals surface area contributed by atoms with E-state index in [0.29, 0.717) is 39.2 Å². The lowest BCUT2D eigenvalue weighted by molar-refractivity contribution is 0.210. The summed E-state index contributed by atoms with van der Waals surface area (Å²) in [5.41, 5.74) is 3.64. The van der Waals surface area contributed by atoms with Crippen molar-refractivity contribution in [2.45, 2.75) is 0 Å². The van der Waals surface area contributed by atoms with Gasteiger partial charge in [-0.05, 0) is 66.7 Å². The van der Waals surface area contributed by atoms with Gasteiger partial charge in [0.15, 0.2) is 0 Å². The Morgan fingerprint density at radius 2 is 1.25 bits per heavy atom. The van der Waals surface area contributed by atoms with Crippen LogP contribution in [-0.4, -0.2) is 21.2 Å². The van der Waals surface area contributed by atoms with Crippen molar-refractivity contribution < 1.29 is 18.7 Å². The number of carbonyl (C=O) groups is 1. The third-order valence-corrected chi connectivity index (χ3v) is 4.15. The Labute approximate surface area is 158 Å². The smallest absolute Gasteiger partial charge is 0.409 e. The average Bonchev–Trinajstić information content (AvgIpc) is 2.68. The van der Waals surface area contributed by atoms with Gasteiger partial charge >= 0.3 is 6.09 Å². The molecule has 0 bridgehead atoms. The van der Waals surface area contributed by atoms with E-state index in [2.05, 4.69) is 15.3 Å². The zero-order valence-electron chi connectivity index (χ0n) is 14.4. The number of aromatic nitrogens is 2. The Morgan fingerprint density at radius 3 is 1.75 bits per heavy atom. The number of rotatable bonds is 3. The lowest BCUT2D eigenvalue weighted by atomic mass is 10.0. The van der Waals surface area contributed by atoms with Crippen LogP contribution in [-0.2, 0) is 0 Å². The molecule has 0 aliphatic heterocycles. The van der Waals surface area contributed by atoms with Crippen LogP contribution in [0.2, 0.25) is 0 Å². The van der Waals surface area contributed by atoms with E-state index in [0.717, 1.165) is 0 Å². The van der Waals surface area contributed by atoms with E-state index < -0.39 is 6.09 Å². The maximum absolute atomic E-state index is 13.4. The van der Waals surface area contributed by atoms with Crippen LogP contribution in [0.1, 0.15) is 0 Å². The zero-order valence-corrected chi connectivity index (χ0v) is 14.4. The van der Waals surface area contributed by atoms with Gasteiger partial charge in [-0.15, -0.1) is 0 Å². The predicted molar refractivity (Wildman–Crippen MR) is 102 cm³/mol. The molecule has 2 N–H and O–H groups in total. The summed E-state index contributed by atoms with van der Waals surface area (Å²) >= 11 is 0. The van der Waals surface area contributed by atoms with Gasteiger partial charge in [-0.2, -0.15) is 0 Å². The van der Waals surface area contributed by atoms with Crippen molar-refractivity contribution in [1.82, 2.24) is 9.97 Å². The molecule has 0 saturated heterocycles. The second-order valence-electron chi connectivity index (χ2n) is 6.07. The molecule has 4 aromatic rings. The minimum Gasteiger partial charge on any atom is -0.465 e. The number of amides is 1. The van der Waals surface area contributed by atoms with E-state index >= 15 is 0 Å². The molecule has 0 spiro atoms. The van der Waals surface area contributed by atoms with E-state index in [1.54, 1.807) is 42.5 Å². The average molecular weight is 377 g/mol. The number of anilines is 1. The molecule has 0 saturated carbocycles. The number of carboxylic acid groups (broad SMARTS) is 1. The van der Waals surface area contributed by atoms with Crippen molar-refractivity contribution in [2.75, 3.05) is 5.32 Å². The Balaban J connectivity index is 1.94. The Kier molecular flexibility index (Phi) is 4.41. The number of fused-ring (bicyclic) bond motifs is 1. The monoisotopic (exact) mass is 377 g/mol. The highest BCUT2D eigenvalue weighted by Crippen LogP contribution is 2.32. The van der Waals surface area contributed by atoms with Crippen LogP contribution in [0.15, 0.2) is 66.7 Å². The number of nitrogens with one attached hydrogen (secondary N) is 1. The first-order valence-electron chi connectivity index (χ1n) is 8.33. The predicted octanol–water partition coefficient (Wildman–Crippen LogP) is 5.33. The molecule has 0 atom stereocenters. The third kappa shape index (κ3) is 3.50. The fourth-order valence-electron chi connectivity index (χ4n) is 2.87. The van der Waals surface area contributed by atoms with E-state index in [-0.39, 0.29) is 11.6 Å². The third-order valence-electron chi connectivity index (χ3n) is 4.15. The van der Waals surface area contributed by atoms with Crippen LogP contribution in [0.25, 0.3) is 33.5 Å². The maximum Gasteiger partial charge on any atom is 0.409 e. The summed E-state index contributed by atoms with van der Waals surface area (Å²) in [7, 11) is 0. The standard InChI is InChI=1S/C21H13F2N3O2/c22-14-5-1-12(2-6-14)19-20(13-3-7-15(23)8-4-13)26-18-11-16(24-21(27)28)9-10-17(18)25-19/h1-11,24H,(H,27,28). The van der Waals surface area contributed by atoms with Crippen molar-refractivity contribution in [2.24, 2.45) is 0 Å². The van der Waals surface area contributed by atoms with Gasteiger partial charge in [0.05, 0.1) is 22.4 Å². The molecule has 0 aliphatic carbocycles. The van der Waals surface area contributed by atoms with Crippen molar-refractivity contribution >= 4 is 22.8 Å². The normalized spacial score (nSPS) is 10.8. The summed E-state index contributed by atoms with van der Waals surface area (Å²) in [4.78, 5) is 20.1. The van der Waals surface area contributed by atoms with E-state index in [1.165, 1.54) is 24.3 Å². The molecule has 0 fully saturated rings. The second kappa shape index (κ2) is 7.03. The van der Waals surface area contributed by atoms with Gasteiger partial charge in [0.2, 0.25) is 0 Å². The molecule has 1 aromatic heterocycles. The van der Waals surface area contributed by atoms with Gasteiger partial charge in [-0.1, -0.05) is 0 Å². The van der Waals surface area contributed by atoms with Gasteiger partial charge in [-0.3, -0.25) is 5.32 Å². The molecule has 0 unspecified atom stereocenters. The highest BCUT2D eigenvalue weighted by atomic mass is 19.1. The number of nitrogens with zero attached hydrogens (tertiary/aromatic N) is 2. The summed E-state index contributed by atoms with van der Waals surface area (Å²) in [6.07, 6.45) is -1.19. The van der Waals surface area contributed by atoms with Crippen LogP contribution in [0.3, 0.4) is 0 Å². The molecule has 7 heteroatoms. The molecule has 0 aliphatic rings. The van der Waals surface area contributed by atoms with Crippen LogP contribution < -0.4 is 5.32 Å². The molecule has 1 heterocycles. The topological polar surface area (TPSA) is 75.1 Å². The lowest BCUT2D eigenvalue weighted by Crippen LogP contribution is -2.07. The SMILES string of the molecule is O=C(O)Nc1ccc2nc(-c3ccc(F)cc3)c(-c3ccc(F)cc3)nc2c1. The Hall–Kier alpha value is -3.87. The van der Waals surface area contributed by atoms with E-state index in [1.807, 2.05) is 0 Å². The summed E-state index contributed by atoms with van der Waals surface area (Å²) < 4.78 is 26.7. The van der Waals surface area contributed by atoms with E-state index in [9.17, 15) is 13.6 Å². The molecule has 28 heavy (non-hydrogen) atoms. The zero-order chi connectivity index (χ0) is 19.7. The first-order valence-corrected chi connectivity index (χ1v) is 8.33. The van der Waals surface area contributed by atoms with Gasteiger partial charge in [0.25, 0.3) is 0 Å². The first-order chi connectivity index (χ1) is 13.5. The minimum atomic E-state index is -1.19. The number of hydrogen-bond acceptors (Lipinski definition) is 3. The second-order valence-corrected chi connectivity index (χ2v) is 6.07. The van der Waals surface area contributed by atoms with Gasteiger partial charge in [0.1, 0.15) is 11.6 Å². The van der Waals surface area contributed by atoms with Crippen LogP contribution in [0.5, 0.6) is 0 Å². The van der Waals surface area contributed by atoms with Crippen molar-refractivity contribution in [1.29, 1.82) is 0 Å². The molecular formula is C21H13F2N3O2. The fraction of sp³-hybridized carbons (Fsp3) is 0. The fourth-order valence-corrected chi connectivity index (χ4v) is 2.87. The Bertz CT molecular complexity index is 1180. The molecule has 0 radical (unpaired) electrons. The molecule has 4 rings (SSSR count). The Morgan fingerprint density at radius 1 is 0.750 bits per heavy atom. The highest BCUT2D eigenvalue weighted by molar-refractivity contribution is 5.90. The summed E-state index contributed by atoms with van der Waals surface area (Å²) in [5, 5.41) is 11.2. The minimum absolute atomic E-state index is 0.355. The van der Waals surface area contributed by atoms with Crippen LogP contribution in [0, 0.1) is 11.6 Å². The highest BCUT2D eigenvalue weighted by Gasteiger charge is 2.14. The van der Waals surface area contributed by atoms with Gasteiger partial charge in [0, 0.05) is 16.8 Å².